The van der Waals surface area contributed by atoms with E-state index >= 15 is 0 Å². The molecule has 0 bridgehead atoms. The van der Waals surface area contributed by atoms with Crippen molar-refractivity contribution >= 4 is 5.97 Å². The Morgan fingerprint density at radius 3 is 2.72 bits per heavy atom. The van der Waals surface area contributed by atoms with E-state index < -0.39 is 5.60 Å². The lowest BCUT2D eigenvalue weighted by atomic mass is 10.2. The molecule has 0 amide bonds. The van der Waals surface area contributed by atoms with Gasteiger partial charge in [0.2, 0.25) is 0 Å². The maximum atomic E-state index is 11.4. The Balaban J connectivity index is 2.21. The van der Waals surface area contributed by atoms with Crippen LogP contribution in [0.2, 0.25) is 0 Å². The van der Waals surface area contributed by atoms with Gasteiger partial charge in [0.25, 0.3) is 0 Å². The van der Waals surface area contributed by atoms with Gasteiger partial charge in [-0.1, -0.05) is 6.07 Å². The number of ether oxygens (including phenoxy) is 1. The minimum Gasteiger partial charge on any atom is -0.460 e. The number of esters is 1. The summed E-state index contributed by atoms with van der Waals surface area (Å²) >= 11 is 0. The molecule has 1 aromatic heterocycles. The number of nitrogens with one attached hydrogen (secondary N) is 1. The molecule has 1 N–H and O–H groups in total. The average Bonchev–Trinajstić information content (AvgIpc) is 2.22. The lowest BCUT2D eigenvalue weighted by molar-refractivity contribution is -0.154. The maximum absolute atomic E-state index is 11.4. The molecule has 100 valence electrons. The average molecular weight is 250 g/mol. The molecule has 0 aliphatic heterocycles. The number of pyridine rings is 1. The van der Waals surface area contributed by atoms with Gasteiger partial charge in [-0.3, -0.25) is 9.78 Å². The van der Waals surface area contributed by atoms with Crippen LogP contribution in [-0.2, 0) is 16.1 Å². The van der Waals surface area contributed by atoms with Gasteiger partial charge in [0.05, 0.1) is 12.1 Å². The van der Waals surface area contributed by atoms with E-state index in [0.717, 1.165) is 11.4 Å². The highest BCUT2D eigenvalue weighted by Crippen LogP contribution is 2.07. The van der Waals surface area contributed by atoms with Crippen molar-refractivity contribution in [3.05, 3.63) is 29.6 Å². The van der Waals surface area contributed by atoms with Crippen LogP contribution in [0.1, 0.15) is 38.6 Å². The summed E-state index contributed by atoms with van der Waals surface area (Å²) in [6.07, 6.45) is 0.378. The van der Waals surface area contributed by atoms with Gasteiger partial charge < -0.3 is 10.1 Å². The predicted octanol–water partition coefficient (Wildman–Crippen LogP) is 2.21. The Labute approximate surface area is 109 Å². The van der Waals surface area contributed by atoms with Crippen LogP contribution in [0, 0.1) is 6.92 Å². The van der Waals surface area contributed by atoms with Crippen LogP contribution in [0.5, 0.6) is 0 Å². The zero-order valence-corrected chi connectivity index (χ0v) is 11.6. The van der Waals surface area contributed by atoms with Crippen LogP contribution < -0.4 is 5.32 Å². The molecule has 4 nitrogen and oxygen atoms in total. The molecule has 0 fully saturated rings. The monoisotopic (exact) mass is 250 g/mol. The lowest BCUT2D eigenvalue weighted by Crippen LogP contribution is -2.26. The van der Waals surface area contributed by atoms with Gasteiger partial charge >= 0.3 is 5.97 Å². The Morgan fingerprint density at radius 2 is 2.11 bits per heavy atom. The second-order valence-electron chi connectivity index (χ2n) is 5.28. The second kappa shape index (κ2) is 6.50. The molecule has 0 saturated heterocycles. The molecule has 0 atom stereocenters. The van der Waals surface area contributed by atoms with Crippen LogP contribution >= 0.6 is 0 Å². The first-order chi connectivity index (χ1) is 8.37. The molecule has 0 saturated carbocycles. The van der Waals surface area contributed by atoms with Crippen molar-refractivity contribution in [1.82, 2.24) is 10.3 Å². The molecule has 0 aromatic carbocycles. The van der Waals surface area contributed by atoms with Gasteiger partial charge in [0.1, 0.15) is 5.60 Å². The minimum atomic E-state index is -0.408. The van der Waals surface area contributed by atoms with Crippen molar-refractivity contribution in [2.24, 2.45) is 0 Å². The quantitative estimate of drug-likeness (QED) is 0.643. The highest BCUT2D eigenvalue weighted by molar-refractivity contribution is 5.70. The van der Waals surface area contributed by atoms with Crippen LogP contribution in [0.15, 0.2) is 18.2 Å². The highest BCUT2D eigenvalue weighted by atomic mass is 16.6. The molecule has 18 heavy (non-hydrogen) atoms. The summed E-state index contributed by atoms with van der Waals surface area (Å²) < 4.78 is 5.21. The van der Waals surface area contributed by atoms with E-state index in [-0.39, 0.29) is 5.97 Å². The van der Waals surface area contributed by atoms with Crippen molar-refractivity contribution in [3.63, 3.8) is 0 Å². The van der Waals surface area contributed by atoms with Gasteiger partial charge in [-0.25, -0.2) is 0 Å². The number of hydrogen-bond acceptors (Lipinski definition) is 4. The number of carbonyl (C=O) groups is 1. The number of aryl methyl sites for hydroxylation is 1. The molecule has 0 unspecified atom stereocenters. The van der Waals surface area contributed by atoms with E-state index in [4.69, 9.17) is 4.74 Å². The first-order valence-corrected chi connectivity index (χ1v) is 6.22. The first kappa shape index (κ1) is 14.6. The smallest absolute Gasteiger partial charge is 0.307 e. The number of rotatable bonds is 5. The Morgan fingerprint density at radius 1 is 1.39 bits per heavy atom. The molecule has 1 aromatic rings. The zero-order chi connectivity index (χ0) is 13.6. The third-order valence-corrected chi connectivity index (χ3v) is 2.18. The fraction of sp³-hybridized carbons (Fsp3) is 0.571. The molecule has 0 spiro atoms. The fourth-order valence-corrected chi connectivity index (χ4v) is 1.50. The summed E-state index contributed by atoms with van der Waals surface area (Å²) in [5.41, 5.74) is 1.58. The minimum absolute atomic E-state index is 0.174. The third kappa shape index (κ3) is 6.35. The van der Waals surface area contributed by atoms with E-state index in [1.165, 1.54) is 0 Å². The summed E-state index contributed by atoms with van der Waals surface area (Å²) in [7, 11) is 0. The van der Waals surface area contributed by atoms with Crippen LogP contribution in [0.3, 0.4) is 0 Å². The summed E-state index contributed by atoms with van der Waals surface area (Å²) in [4.78, 5) is 15.8. The molecular weight excluding hydrogens is 228 g/mol. The second-order valence-corrected chi connectivity index (χ2v) is 5.28. The van der Waals surface area contributed by atoms with E-state index in [2.05, 4.69) is 10.3 Å². The van der Waals surface area contributed by atoms with Gasteiger partial charge in [0, 0.05) is 18.8 Å². The van der Waals surface area contributed by atoms with Crippen LogP contribution in [0.4, 0.5) is 0 Å². The highest BCUT2D eigenvalue weighted by Gasteiger charge is 2.15. The third-order valence-electron chi connectivity index (χ3n) is 2.18. The van der Waals surface area contributed by atoms with Crippen molar-refractivity contribution in [1.29, 1.82) is 0 Å². The van der Waals surface area contributed by atoms with Crippen LogP contribution in [-0.4, -0.2) is 23.1 Å². The summed E-state index contributed by atoms with van der Waals surface area (Å²) in [6.45, 7) is 8.85. The largest absolute Gasteiger partial charge is 0.460 e. The molecule has 0 radical (unpaired) electrons. The number of aromatic nitrogens is 1. The molecule has 1 heterocycles. The number of nitrogens with zero attached hydrogens (tertiary/aromatic N) is 1. The molecule has 0 aliphatic carbocycles. The molecular formula is C14H22N2O2. The SMILES string of the molecule is Cc1cccc(CNCCC(=O)OC(C)(C)C)n1. The standard InChI is InChI=1S/C14H22N2O2/c1-11-6-5-7-12(16-11)10-15-9-8-13(17)18-14(2,3)4/h5-7,15H,8-10H2,1-4H3. The van der Waals surface area contributed by atoms with Gasteiger partial charge in [-0.05, 0) is 39.8 Å². The Hall–Kier alpha value is -1.42. The lowest BCUT2D eigenvalue weighted by Gasteiger charge is -2.19. The number of hydrogen-bond donors (Lipinski definition) is 1. The first-order valence-electron chi connectivity index (χ1n) is 6.22. The predicted molar refractivity (Wildman–Crippen MR) is 71.1 cm³/mol. The molecule has 0 aliphatic rings. The van der Waals surface area contributed by atoms with Crippen molar-refractivity contribution in [3.8, 4) is 0 Å². The summed E-state index contributed by atoms with van der Waals surface area (Å²) in [5, 5.41) is 3.18. The van der Waals surface area contributed by atoms with E-state index in [9.17, 15) is 4.79 Å². The summed E-state index contributed by atoms with van der Waals surface area (Å²) in [6, 6.07) is 5.91. The fourth-order valence-electron chi connectivity index (χ4n) is 1.50. The molecule has 4 heteroatoms. The Bertz CT molecular complexity index is 397. The van der Waals surface area contributed by atoms with Crippen molar-refractivity contribution < 1.29 is 9.53 Å². The summed E-state index contributed by atoms with van der Waals surface area (Å²) in [5.74, 6) is -0.174. The zero-order valence-electron chi connectivity index (χ0n) is 11.6. The topological polar surface area (TPSA) is 51.2 Å². The van der Waals surface area contributed by atoms with E-state index in [1.807, 2.05) is 45.9 Å². The van der Waals surface area contributed by atoms with Gasteiger partial charge in [-0.2, -0.15) is 0 Å². The van der Waals surface area contributed by atoms with Gasteiger partial charge in [0.15, 0.2) is 0 Å². The molecule has 1 rings (SSSR count). The van der Waals surface area contributed by atoms with Gasteiger partial charge in [-0.15, -0.1) is 0 Å². The normalized spacial score (nSPS) is 11.3. The van der Waals surface area contributed by atoms with E-state index in [1.54, 1.807) is 0 Å². The Kier molecular flexibility index (Phi) is 5.28. The van der Waals surface area contributed by atoms with Crippen molar-refractivity contribution in [2.75, 3.05) is 6.54 Å². The number of carbonyl (C=O) groups excluding carboxylic acids is 1. The van der Waals surface area contributed by atoms with Crippen molar-refractivity contribution in [2.45, 2.75) is 46.3 Å². The van der Waals surface area contributed by atoms with E-state index in [0.29, 0.717) is 19.5 Å². The van der Waals surface area contributed by atoms with Crippen LogP contribution in [0.25, 0.3) is 0 Å². The maximum Gasteiger partial charge on any atom is 0.307 e.